The summed E-state index contributed by atoms with van der Waals surface area (Å²) in [6.45, 7) is -0.776. The average Bonchev–Trinajstić information content (AvgIpc) is 3.00. The second-order valence-electron chi connectivity index (χ2n) is 5.06. The molecule has 0 aliphatic carbocycles. The smallest absolute Gasteiger partial charge is 0.280 e. The zero-order valence-electron chi connectivity index (χ0n) is 13.8. The normalized spacial score (nSPS) is 25.7. The minimum atomic E-state index is -5.26. The topological polar surface area (TPSA) is 285 Å². The minimum Gasteiger partial charge on any atom is -0.790 e. The lowest BCUT2D eigenvalue weighted by molar-refractivity contribution is -0.343. The van der Waals surface area contributed by atoms with Gasteiger partial charge in [0.2, 0.25) is 5.95 Å². The average molecular weight is 397 g/mol. The van der Waals surface area contributed by atoms with Crippen LogP contribution in [-0.4, -0.2) is 54.7 Å². The van der Waals surface area contributed by atoms with E-state index in [0.29, 0.717) is 0 Å². The summed E-state index contributed by atoms with van der Waals surface area (Å²) in [6, 6.07) is 0. The number of aliphatic hydroxyl groups is 2. The second kappa shape index (κ2) is 7.75. The van der Waals surface area contributed by atoms with E-state index in [1.165, 1.54) is 0 Å². The number of phosphoric ester groups is 1. The Kier molecular flexibility index (Phi) is 6.59. The van der Waals surface area contributed by atoms with Gasteiger partial charge in [-0.05, 0) is 0 Å². The van der Waals surface area contributed by atoms with Crippen molar-refractivity contribution in [3.8, 4) is 0 Å². The van der Waals surface area contributed by atoms with Crippen LogP contribution in [0.4, 0.5) is 5.95 Å². The first-order chi connectivity index (χ1) is 11.2. The maximum absolute atomic E-state index is 11.7. The van der Waals surface area contributed by atoms with Crippen LogP contribution in [0.15, 0.2) is 11.1 Å². The highest BCUT2D eigenvalue weighted by atomic mass is 31.2. The Labute approximate surface area is 145 Å². The number of fused-ring (bicyclic) bond motifs is 1. The molecule has 13 N–H and O–H groups in total. The second-order valence-corrected chi connectivity index (χ2v) is 6.22. The van der Waals surface area contributed by atoms with Crippen molar-refractivity contribution in [3.63, 3.8) is 0 Å². The Morgan fingerprint density at radius 3 is 2.65 bits per heavy atom. The third-order valence-electron chi connectivity index (χ3n) is 3.46. The molecule has 0 amide bonds. The number of quaternary nitrogens is 2. The van der Waals surface area contributed by atoms with E-state index < -0.39 is 44.5 Å². The van der Waals surface area contributed by atoms with Gasteiger partial charge >= 0.3 is 0 Å². The first kappa shape index (κ1) is 22.1. The van der Waals surface area contributed by atoms with Gasteiger partial charge in [-0.25, -0.2) is 4.98 Å². The number of aromatic nitrogens is 4. The van der Waals surface area contributed by atoms with Gasteiger partial charge < -0.3 is 51.9 Å². The molecule has 2 aromatic heterocycles. The van der Waals surface area contributed by atoms with Crippen LogP contribution < -0.4 is 33.4 Å². The third kappa shape index (κ3) is 4.07. The van der Waals surface area contributed by atoms with Crippen LogP contribution >= 0.6 is 7.82 Å². The number of rotatable bonds is 4. The van der Waals surface area contributed by atoms with Gasteiger partial charge in [-0.3, -0.25) is 14.3 Å². The number of nitrogens with zero attached hydrogens (tertiary/aromatic N) is 3. The molecular weight excluding hydrogens is 377 g/mol. The van der Waals surface area contributed by atoms with E-state index >= 15 is 0 Å². The fraction of sp³-hybridized carbons (Fsp3) is 0.500. The van der Waals surface area contributed by atoms with Gasteiger partial charge in [-0.1, -0.05) is 0 Å². The van der Waals surface area contributed by atoms with Crippen LogP contribution in [0.5, 0.6) is 0 Å². The molecule has 148 valence electrons. The molecule has 0 unspecified atom stereocenters. The number of nitrogens with two attached hydrogens (primary N) is 1. The highest BCUT2D eigenvalue weighted by Gasteiger charge is 2.44. The van der Waals surface area contributed by atoms with Gasteiger partial charge in [0.25, 0.3) is 5.56 Å². The van der Waals surface area contributed by atoms with Crippen LogP contribution in [-0.2, 0) is 13.8 Å². The van der Waals surface area contributed by atoms with E-state index in [-0.39, 0.29) is 29.4 Å². The molecule has 3 heterocycles. The summed E-state index contributed by atoms with van der Waals surface area (Å²) in [5, 5.41) is 20.0. The van der Waals surface area contributed by atoms with E-state index in [0.717, 1.165) is 10.9 Å². The van der Waals surface area contributed by atoms with Gasteiger partial charge in [0, 0.05) is 0 Å². The lowest BCUT2D eigenvalue weighted by Crippen LogP contribution is -2.34. The van der Waals surface area contributed by atoms with Crippen molar-refractivity contribution < 1.29 is 33.8 Å². The maximum Gasteiger partial charge on any atom is 0.280 e. The van der Waals surface area contributed by atoms with Crippen LogP contribution in [0.2, 0.25) is 0 Å². The molecule has 1 aliphatic rings. The van der Waals surface area contributed by atoms with Crippen molar-refractivity contribution in [2.75, 3.05) is 12.3 Å². The predicted octanol–water partition coefficient (Wildman–Crippen LogP) is -3.08. The molecule has 3 rings (SSSR count). The van der Waals surface area contributed by atoms with Crippen molar-refractivity contribution >= 4 is 24.9 Å². The summed E-state index contributed by atoms with van der Waals surface area (Å²) in [5.41, 5.74) is 4.77. The molecule has 15 nitrogen and oxygen atoms in total. The van der Waals surface area contributed by atoms with Crippen molar-refractivity contribution in [2.45, 2.75) is 24.5 Å². The Bertz CT molecular complexity index is 865. The summed E-state index contributed by atoms with van der Waals surface area (Å²) in [6.07, 6.45) is -4.46. The molecule has 1 aliphatic heterocycles. The SMILES string of the molecule is Nc1nc2c(ncn2[C@@H]2O[C@H](COP(=O)([O-])[O-])[C@@H](O)[C@H]2O)c(=O)[nH]1.[NH4+].[NH4+]. The Balaban J connectivity index is 0.00000169. The van der Waals surface area contributed by atoms with Crippen LogP contribution in [0.3, 0.4) is 0 Å². The molecule has 0 radical (unpaired) electrons. The molecule has 0 aromatic carbocycles. The number of nitrogens with one attached hydrogen (secondary N) is 1. The standard InChI is InChI=1S/C10H14N5O8P.2H3N/c11-10-13-7-4(8(18)14-10)12-2-15(7)9-6(17)5(16)3(23-9)1-22-24(19,20)21;;/h2-3,5-6,9,16-17H,1H2,(H2,19,20,21)(H3,11,13,14,18);2*1H3/t3-,5-,6-,9-;;/m1../s1. The zero-order valence-corrected chi connectivity index (χ0v) is 14.7. The van der Waals surface area contributed by atoms with Gasteiger partial charge in [0.05, 0.1) is 20.8 Å². The first-order valence-corrected chi connectivity index (χ1v) is 8.04. The largest absolute Gasteiger partial charge is 0.790 e. The summed E-state index contributed by atoms with van der Waals surface area (Å²) in [7, 11) is -5.26. The van der Waals surface area contributed by atoms with E-state index in [4.69, 9.17) is 10.5 Å². The van der Waals surface area contributed by atoms with E-state index in [1.54, 1.807) is 0 Å². The number of ether oxygens (including phenoxy) is 1. The predicted molar refractivity (Wildman–Crippen MR) is 84.0 cm³/mol. The highest BCUT2D eigenvalue weighted by molar-refractivity contribution is 7.43. The summed E-state index contributed by atoms with van der Waals surface area (Å²) in [4.78, 5) is 42.7. The van der Waals surface area contributed by atoms with Crippen molar-refractivity contribution in [3.05, 3.63) is 16.7 Å². The maximum atomic E-state index is 11.7. The molecule has 0 saturated carbocycles. The van der Waals surface area contributed by atoms with E-state index in [2.05, 4.69) is 19.5 Å². The lowest BCUT2D eigenvalue weighted by atomic mass is 10.1. The third-order valence-corrected chi connectivity index (χ3v) is 3.92. The first-order valence-electron chi connectivity index (χ1n) is 6.58. The minimum absolute atomic E-state index is 0. The number of nitrogen functional groups attached to an aromatic ring is 1. The summed E-state index contributed by atoms with van der Waals surface area (Å²) < 4.78 is 21.0. The zero-order chi connectivity index (χ0) is 17.6. The number of anilines is 1. The number of imidazole rings is 1. The van der Waals surface area contributed by atoms with Gasteiger partial charge in [-0.2, -0.15) is 4.98 Å². The molecule has 0 spiro atoms. The molecule has 2 aromatic rings. The summed E-state index contributed by atoms with van der Waals surface area (Å²) >= 11 is 0. The summed E-state index contributed by atoms with van der Waals surface area (Å²) in [5.74, 6) is -0.194. The van der Waals surface area contributed by atoms with E-state index in [1.807, 2.05) is 0 Å². The lowest BCUT2D eigenvalue weighted by Gasteiger charge is -2.30. The fourth-order valence-corrected chi connectivity index (χ4v) is 2.72. The van der Waals surface area contributed by atoms with Crippen LogP contribution in [0.1, 0.15) is 6.23 Å². The highest BCUT2D eigenvalue weighted by Crippen LogP contribution is 2.33. The molecule has 16 heteroatoms. The molecule has 4 atom stereocenters. The van der Waals surface area contributed by atoms with Crippen molar-refractivity contribution in [1.29, 1.82) is 0 Å². The van der Waals surface area contributed by atoms with Crippen LogP contribution in [0, 0.1) is 0 Å². The monoisotopic (exact) mass is 397 g/mol. The van der Waals surface area contributed by atoms with E-state index in [9.17, 15) is 29.4 Å². The Hall–Kier alpha value is -1.94. The number of phosphoric acid groups is 1. The molecule has 1 fully saturated rings. The van der Waals surface area contributed by atoms with Crippen molar-refractivity contribution in [1.82, 2.24) is 31.8 Å². The number of hydrogen-bond acceptors (Lipinski definition) is 11. The van der Waals surface area contributed by atoms with Crippen molar-refractivity contribution in [2.24, 2.45) is 0 Å². The Morgan fingerprint density at radius 1 is 1.38 bits per heavy atom. The fourth-order valence-electron chi connectivity index (χ4n) is 2.39. The Morgan fingerprint density at radius 2 is 2.04 bits per heavy atom. The number of aliphatic hydroxyl groups excluding tert-OH is 2. The quantitative estimate of drug-likeness (QED) is 0.281. The van der Waals surface area contributed by atoms with Gasteiger partial charge in [-0.15, -0.1) is 0 Å². The number of H-pyrrole nitrogens is 1. The molecule has 1 saturated heterocycles. The molecular formula is C10H20N7O8P. The van der Waals surface area contributed by atoms with Gasteiger partial charge in [0.15, 0.2) is 17.4 Å². The van der Waals surface area contributed by atoms with Gasteiger partial charge in [0.1, 0.15) is 18.3 Å². The molecule has 0 bridgehead atoms. The number of hydrogen-bond donors (Lipinski definition) is 6. The molecule has 26 heavy (non-hydrogen) atoms. The van der Waals surface area contributed by atoms with Crippen LogP contribution in [0.25, 0.3) is 11.2 Å². The number of aromatic amines is 1.